The minimum atomic E-state index is -5.04. The highest BCUT2D eigenvalue weighted by molar-refractivity contribution is 7.98. The fourth-order valence-electron chi connectivity index (χ4n) is 9.24. The number of hydrogen-bond acceptors (Lipinski definition) is 7. The number of Topliss-reactive ketones (excluding diaryl/α,β-unsaturated/α-hetero) is 1. The van der Waals surface area contributed by atoms with Crippen LogP contribution in [-0.4, -0.2) is 69.7 Å². The molecule has 62 heavy (non-hydrogen) atoms. The second kappa shape index (κ2) is 15.3. The van der Waals surface area contributed by atoms with E-state index in [1.807, 2.05) is 10.9 Å². The molecular weight excluding hydrogens is 863 g/mol. The highest BCUT2D eigenvalue weighted by Crippen LogP contribution is 2.68. The van der Waals surface area contributed by atoms with Gasteiger partial charge in [0.05, 0.1) is 45.6 Å². The smallest absolute Gasteiger partial charge is 0.381 e. The molecule has 3 aliphatic rings. The Kier molecular flexibility index (Phi) is 10.4. The molecule has 0 N–H and O–H groups in total. The lowest BCUT2D eigenvalue weighted by Crippen LogP contribution is -2.24. The third-order valence-electron chi connectivity index (χ3n) is 11.9. The van der Waals surface area contributed by atoms with Gasteiger partial charge in [0.2, 0.25) is 0 Å². The number of aryl methyl sites for hydroxylation is 1. The second-order valence-corrected chi connectivity index (χ2v) is 19.7. The number of nitrogens with zero attached hydrogens (tertiary/aromatic N) is 7. The Balaban J connectivity index is 1.19. The van der Waals surface area contributed by atoms with E-state index in [0.717, 1.165) is 25.0 Å². The first-order valence-electron chi connectivity index (χ1n) is 19.9. The van der Waals surface area contributed by atoms with Gasteiger partial charge in [-0.1, -0.05) is 23.7 Å². The summed E-state index contributed by atoms with van der Waals surface area (Å²) in [5.41, 5.74) is 0.362. The lowest BCUT2D eigenvalue weighted by atomic mass is 9.86. The van der Waals surface area contributed by atoms with Crippen LogP contribution < -0.4 is 0 Å². The van der Waals surface area contributed by atoms with E-state index in [1.165, 1.54) is 6.26 Å². The van der Waals surface area contributed by atoms with Crippen molar-refractivity contribution in [2.24, 2.45) is 13.0 Å². The van der Waals surface area contributed by atoms with Crippen molar-refractivity contribution < 1.29 is 44.5 Å². The Morgan fingerprint density at radius 3 is 2.47 bits per heavy atom. The maximum atomic E-state index is 15.6. The molecule has 1 unspecified atom stereocenters. The van der Waals surface area contributed by atoms with E-state index < -0.39 is 86.7 Å². The van der Waals surface area contributed by atoms with Gasteiger partial charge in [-0.25, -0.2) is 8.78 Å². The zero-order chi connectivity index (χ0) is 44.0. The minimum absolute atomic E-state index is 0.00461. The van der Waals surface area contributed by atoms with Crippen LogP contribution in [0.25, 0.3) is 33.3 Å². The van der Waals surface area contributed by atoms with E-state index in [1.54, 1.807) is 42.2 Å². The number of rotatable bonds is 12. The van der Waals surface area contributed by atoms with Crippen LogP contribution in [0.5, 0.6) is 0 Å². The van der Waals surface area contributed by atoms with Crippen molar-refractivity contribution in [3.63, 3.8) is 0 Å². The average Bonchev–Trinajstić information content (AvgIpc) is 3.41. The molecule has 0 amide bonds. The molecule has 0 radical (unpaired) electrons. The van der Waals surface area contributed by atoms with Gasteiger partial charge in [-0.05, 0) is 76.8 Å². The van der Waals surface area contributed by atoms with E-state index in [4.69, 9.17) is 21.3 Å². The van der Waals surface area contributed by atoms with Gasteiger partial charge < -0.3 is 4.74 Å². The summed E-state index contributed by atoms with van der Waals surface area (Å²) in [5, 5.41) is 13.6. The molecule has 0 bridgehead atoms. The lowest BCUT2D eigenvalue weighted by molar-refractivity contribution is -0.142. The Bertz CT molecular complexity index is 2860. The highest BCUT2D eigenvalue weighted by Gasteiger charge is 2.68. The molecule has 2 aliphatic carbocycles. The third-order valence-corrected chi connectivity index (χ3v) is 13.1. The van der Waals surface area contributed by atoms with Gasteiger partial charge in [-0.2, -0.15) is 37.2 Å². The van der Waals surface area contributed by atoms with Crippen LogP contribution in [0, 0.1) is 17.6 Å². The zero-order valence-corrected chi connectivity index (χ0v) is 34.9. The Morgan fingerprint density at radius 2 is 1.77 bits per heavy atom. The number of alkyl halides is 5. The molecule has 1 aliphatic heterocycles. The number of halogens is 8. The molecule has 2 fully saturated rings. The largest absolute Gasteiger partial charge is 0.435 e. The molecule has 1 saturated carbocycles. The number of carbonyl (C=O) groups is 1. The maximum absolute atomic E-state index is 15.6. The van der Waals surface area contributed by atoms with E-state index >= 15 is 8.78 Å². The van der Waals surface area contributed by atoms with Gasteiger partial charge >= 0.3 is 6.18 Å². The minimum Gasteiger partial charge on any atom is -0.381 e. The first-order valence-corrected chi connectivity index (χ1v) is 22.6. The van der Waals surface area contributed by atoms with Crippen molar-refractivity contribution in [2.45, 2.75) is 74.4 Å². The van der Waals surface area contributed by atoms with Crippen molar-refractivity contribution in [2.75, 3.05) is 19.5 Å². The van der Waals surface area contributed by atoms with Gasteiger partial charge in [0, 0.05) is 84.7 Å². The van der Waals surface area contributed by atoms with Crippen LogP contribution >= 0.6 is 11.6 Å². The standard InChI is InChI=1S/C43H39ClF7N7O3S/c1-56-39-30(4-6-33(44)37(39)35(54-56)21-62(2,3)60)29-5-7-34(24-18-52-57(19-24)27-8-10-61-11-9-27)53-38(29)23(12-22-13-25(45)16-26(46)14-22)15-28(59)20-58-41-36(40(55-58)43(49,50)51)31-17-32(31)42(41,47)48/h4-7,13-14,16,18-19,23,27,31-32H,2,8-12,15,17,20-21H2,1,3H3/t23-,31+,32-,62?/m1/s1. The fraction of sp³-hybridized carbons (Fsp3) is 0.395. The summed E-state index contributed by atoms with van der Waals surface area (Å²) in [6.45, 7) is 0.215. The van der Waals surface area contributed by atoms with E-state index in [-0.39, 0.29) is 35.9 Å². The van der Waals surface area contributed by atoms with Crippen LogP contribution in [0.15, 0.2) is 54.9 Å². The third kappa shape index (κ3) is 7.82. The summed E-state index contributed by atoms with van der Waals surface area (Å²) in [5.74, 6) is -5.76. The molecule has 6 aromatic rings. The van der Waals surface area contributed by atoms with Crippen molar-refractivity contribution in [1.82, 2.24) is 34.3 Å². The molecular formula is C43H39ClF7N7O3S. The van der Waals surface area contributed by atoms with Crippen molar-refractivity contribution >= 4 is 43.7 Å². The molecule has 2 aromatic carbocycles. The number of aromatic nitrogens is 7. The molecule has 1 saturated heterocycles. The van der Waals surface area contributed by atoms with Crippen LogP contribution in [0.1, 0.15) is 77.5 Å². The predicted octanol–water partition coefficient (Wildman–Crippen LogP) is 9.04. The molecule has 19 heteroatoms. The van der Waals surface area contributed by atoms with E-state index in [9.17, 15) is 31.0 Å². The molecule has 326 valence electrons. The number of hydrogen-bond donors (Lipinski definition) is 0. The summed E-state index contributed by atoms with van der Waals surface area (Å²) in [7, 11) is -0.917. The van der Waals surface area contributed by atoms with Crippen LogP contribution in [0.3, 0.4) is 0 Å². The van der Waals surface area contributed by atoms with Crippen molar-refractivity contribution in [3.8, 4) is 22.4 Å². The molecule has 0 spiro atoms. The summed E-state index contributed by atoms with van der Waals surface area (Å²) >= 11 is 6.78. The number of pyridine rings is 1. The molecule has 10 nitrogen and oxygen atoms in total. The van der Waals surface area contributed by atoms with Gasteiger partial charge in [-0.3, -0.25) is 28.0 Å². The number of carbonyl (C=O) groups excluding carboxylic acids is 1. The second-order valence-electron chi connectivity index (χ2n) is 16.7. The van der Waals surface area contributed by atoms with Crippen molar-refractivity contribution in [1.29, 1.82) is 0 Å². The Labute approximate surface area is 356 Å². The number of ether oxygens (including phenoxy) is 1. The highest BCUT2D eigenvalue weighted by atomic mass is 35.5. The van der Waals surface area contributed by atoms with Crippen LogP contribution in [0.2, 0.25) is 5.02 Å². The quantitative estimate of drug-likeness (QED) is 0.0891. The Morgan fingerprint density at radius 1 is 1.06 bits per heavy atom. The topological polar surface area (TPSA) is 110 Å². The first-order chi connectivity index (χ1) is 29.3. The summed E-state index contributed by atoms with van der Waals surface area (Å²) < 4.78 is 126. The normalized spacial score (nSPS) is 20.0. The number of ketones is 1. The van der Waals surface area contributed by atoms with Gasteiger partial charge in [0.25, 0.3) is 5.92 Å². The molecule has 4 aromatic heterocycles. The first kappa shape index (κ1) is 42.2. The summed E-state index contributed by atoms with van der Waals surface area (Å²) in [4.78, 5) is 19.4. The zero-order valence-electron chi connectivity index (χ0n) is 33.4. The molecule has 4 atom stereocenters. The fourth-order valence-corrected chi connectivity index (χ4v) is 10.3. The molecule has 9 rings (SSSR count). The Hall–Kier alpha value is -5.07. The monoisotopic (exact) mass is 901 g/mol. The van der Waals surface area contributed by atoms with Gasteiger partial charge in [-0.15, -0.1) is 0 Å². The van der Waals surface area contributed by atoms with Gasteiger partial charge in [0.15, 0.2) is 11.5 Å². The lowest BCUT2D eigenvalue weighted by Gasteiger charge is -2.22. The van der Waals surface area contributed by atoms with Crippen LogP contribution in [0.4, 0.5) is 30.7 Å². The van der Waals surface area contributed by atoms with E-state index in [2.05, 4.69) is 21.2 Å². The number of fused-ring (bicyclic) bond motifs is 4. The van der Waals surface area contributed by atoms with Gasteiger partial charge in [0.1, 0.15) is 23.9 Å². The predicted molar refractivity (Wildman–Crippen MR) is 219 cm³/mol. The van der Waals surface area contributed by atoms with E-state index in [0.29, 0.717) is 68.0 Å². The molecule has 5 heterocycles. The maximum Gasteiger partial charge on any atom is 0.435 e. The summed E-state index contributed by atoms with van der Waals surface area (Å²) in [6.07, 6.45) is 0.585. The number of benzene rings is 2. The van der Waals surface area contributed by atoms with Crippen LogP contribution in [-0.2, 0) is 56.9 Å². The average molecular weight is 902 g/mol. The summed E-state index contributed by atoms with van der Waals surface area (Å²) in [6, 6.07) is 9.81. The van der Waals surface area contributed by atoms with Crippen molar-refractivity contribution in [3.05, 3.63) is 105 Å². The SMILES string of the molecule is C=S(C)(=O)Cc1nn(C)c2c(-c3ccc(-c4cnn(C5CCOCC5)c4)nc3[C@@H](CC(=O)Cn3nc(C(F)(F)F)c4c3C(F)(F)[C@@H]3C[C@H]43)Cc3cc(F)cc(F)c3)ccc(Cl)c12.